The van der Waals surface area contributed by atoms with Gasteiger partial charge in [0.15, 0.2) is 0 Å². The molecule has 1 saturated carbocycles. The summed E-state index contributed by atoms with van der Waals surface area (Å²) in [5.41, 5.74) is 0. The molecule has 1 aliphatic carbocycles. The van der Waals surface area contributed by atoms with Crippen LogP contribution >= 0.6 is 0 Å². The molecule has 2 rings (SSSR count). The van der Waals surface area contributed by atoms with Crippen molar-refractivity contribution < 1.29 is 9.53 Å². The van der Waals surface area contributed by atoms with Crippen molar-refractivity contribution in [3.8, 4) is 0 Å². The highest BCUT2D eigenvalue weighted by Gasteiger charge is 2.26. The monoisotopic (exact) mass is 308 g/mol. The first kappa shape index (κ1) is 16.9. The smallest absolute Gasteiger partial charge is 0.378 e. The van der Waals surface area contributed by atoms with E-state index < -0.39 is 5.97 Å². The number of nitrogens with zero attached hydrogens (tertiary/aromatic N) is 2. The third kappa shape index (κ3) is 5.09. The molecule has 0 saturated heterocycles. The van der Waals surface area contributed by atoms with Crippen LogP contribution in [0, 0.1) is 11.8 Å². The van der Waals surface area contributed by atoms with Gasteiger partial charge < -0.3 is 10.1 Å². The molecule has 0 radical (unpaired) electrons. The summed E-state index contributed by atoms with van der Waals surface area (Å²) >= 11 is 0. The SMILES string of the molecule is CCOC(=O)c1n[nH]c(C(CC(C)C)NC(C)CC2CC2)n1. The van der Waals surface area contributed by atoms with Crippen molar-refractivity contribution >= 4 is 5.97 Å². The molecule has 0 spiro atoms. The Bertz CT molecular complexity index is 482. The number of hydrogen-bond donors (Lipinski definition) is 2. The van der Waals surface area contributed by atoms with Gasteiger partial charge in [0, 0.05) is 6.04 Å². The molecule has 6 heteroatoms. The maximum Gasteiger partial charge on any atom is 0.378 e. The largest absolute Gasteiger partial charge is 0.460 e. The van der Waals surface area contributed by atoms with Crippen molar-refractivity contribution in [1.82, 2.24) is 20.5 Å². The number of esters is 1. The van der Waals surface area contributed by atoms with Crippen molar-refractivity contribution in [2.24, 2.45) is 11.8 Å². The van der Waals surface area contributed by atoms with E-state index in [4.69, 9.17) is 4.74 Å². The summed E-state index contributed by atoms with van der Waals surface area (Å²) in [6, 6.07) is 0.525. The van der Waals surface area contributed by atoms with Gasteiger partial charge in [0.2, 0.25) is 0 Å². The fraction of sp³-hybridized carbons (Fsp3) is 0.812. The Hall–Kier alpha value is -1.43. The van der Waals surface area contributed by atoms with Crippen molar-refractivity contribution in [3.05, 3.63) is 11.6 Å². The van der Waals surface area contributed by atoms with Gasteiger partial charge in [-0.1, -0.05) is 26.7 Å². The predicted octanol–water partition coefficient (Wildman–Crippen LogP) is 2.85. The van der Waals surface area contributed by atoms with E-state index >= 15 is 0 Å². The van der Waals surface area contributed by atoms with Crippen LogP contribution in [0.25, 0.3) is 0 Å². The van der Waals surface area contributed by atoms with Crippen molar-refractivity contribution in [2.75, 3.05) is 6.61 Å². The number of hydrogen-bond acceptors (Lipinski definition) is 5. The molecule has 22 heavy (non-hydrogen) atoms. The van der Waals surface area contributed by atoms with Gasteiger partial charge in [0.05, 0.1) is 12.6 Å². The molecule has 0 amide bonds. The van der Waals surface area contributed by atoms with Crippen molar-refractivity contribution in [1.29, 1.82) is 0 Å². The van der Waals surface area contributed by atoms with Gasteiger partial charge >= 0.3 is 5.97 Å². The average Bonchev–Trinajstić information content (AvgIpc) is 3.10. The zero-order chi connectivity index (χ0) is 16.1. The number of rotatable bonds is 9. The fourth-order valence-corrected chi connectivity index (χ4v) is 2.71. The number of nitrogens with one attached hydrogen (secondary N) is 2. The molecule has 0 aliphatic heterocycles. The fourth-order valence-electron chi connectivity index (χ4n) is 2.71. The van der Waals surface area contributed by atoms with Gasteiger partial charge in [-0.15, -0.1) is 5.10 Å². The summed E-state index contributed by atoms with van der Waals surface area (Å²) < 4.78 is 4.94. The normalized spacial score (nSPS) is 17.5. The van der Waals surface area contributed by atoms with E-state index in [2.05, 4.69) is 41.3 Å². The number of aromatic nitrogens is 3. The Kier molecular flexibility index (Phi) is 5.94. The third-order valence-corrected chi connectivity index (χ3v) is 3.87. The first-order chi connectivity index (χ1) is 10.5. The highest BCUT2D eigenvalue weighted by molar-refractivity contribution is 5.84. The molecule has 124 valence electrons. The second-order valence-corrected chi connectivity index (χ2v) is 6.69. The van der Waals surface area contributed by atoms with Crippen LogP contribution in [0.4, 0.5) is 0 Å². The number of carbonyl (C=O) groups is 1. The lowest BCUT2D eigenvalue weighted by atomic mass is 10.0. The molecule has 2 unspecified atom stereocenters. The Morgan fingerprint density at radius 3 is 2.73 bits per heavy atom. The summed E-state index contributed by atoms with van der Waals surface area (Å²) in [6.45, 7) is 8.68. The quantitative estimate of drug-likeness (QED) is 0.686. The molecule has 6 nitrogen and oxygen atoms in total. The van der Waals surface area contributed by atoms with Gasteiger partial charge in [-0.05, 0) is 38.5 Å². The average molecular weight is 308 g/mol. The van der Waals surface area contributed by atoms with E-state index in [0.29, 0.717) is 18.6 Å². The minimum atomic E-state index is -0.473. The van der Waals surface area contributed by atoms with Crippen LogP contribution in [0.15, 0.2) is 0 Å². The Morgan fingerprint density at radius 1 is 1.41 bits per heavy atom. The molecular weight excluding hydrogens is 280 g/mol. The van der Waals surface area contributed by atoms with Gasteiger partial charge in [0.25, 0.3) is 5.82 Å². The van der Waals surface area contributed by atoms with Crippen LogP contribution in [0.2, 0.25) is 0 Å². The lowest BCUT2D eigenvalue weighted by molar-refractivity contribution is 0.0512. The number of aromatic amines is 1. The minimum Gasteiger partial charge on any atom is -0.460 e. The highest BCUT2D eigenvalue weighted by Crippen LogP contribution is 2.34. The van der Waals surface area contributed by atoms with E-state index in [9.17, 15) is 4.79 Å². The second kappa shape index (κ2) is 7.72. The van der Waals surface area contributed by atoms with Crippen LogP contribution in [-0.4, -0.2) is 33.8 Å². The molecule has 1 aromatic heterocycles. The molecule has 2 atom stereocenters. The van der Waals surface area contributed by atoms with Crippen LogP contribution < -0.4 is 5.32 Å². The summed E-state index contributed by atoms with van der Waals surface area (Å²) in [7, 11) is 0. The van der Waals surface area contributed by atoms with E-state index in [0.717, 1.165) is 18.2 Å². The predicted molar refractivity (Wildman–Crippen MR) is 84.5 cm³/mol. The van der Waals surface area contributed by atoms with Crippen LogP contribution in [0.5, 0.6) is 0 Å². The minimum absolute atomic E-state index is 0.0874. The Labute approximate surface area is 132 Å². The molecule has 0 bridgehead atoms. The van der Waals surface area contributed by atoms with Crippen LogP contribution in [0.1, 0.15) is 75.9 Å². The van der Waals surface area contributed by atoms with Crippen molar-refractivity contribution in [3.63, 3.8) is 0 Å². The van der Waals surface area contributed by atoms with Gasteiger partial charge in [-0.2, -0.15) is 0 Å². The van der Waals surface area contributed by atoms with Gasteiger partial charge in [-0.25, -0.2) is 9.78 Å². The maximum atomic E-state index is 11.7. The maximum absolute atomic E-state index is 11.7. The zero-order valence-corrected chi connectivity index (χ0v) is 14.1. The lowest BCUT2D eigenvalue weighted by Crippen LogP contribution is -2.32. The zero-order valence-electron chi connectivity index (χ0n) is 14.1. The molecule has 1 aliphatic rings. The van der Waals surface area contributed by atoms with E-state index in [1.807, 2.05) is 0 Å². The number of carbonyl (C=O) groups excluding carboxylic acids is 1. The van der Waals surface area contributed by atoms with E-state index in [1.165, 1.54) is 19.3 Å². The van der Waals surface area contributed by atoms with Crippen LogP contribution in [0.3, 0.4) is 0 Å². The molecule has 0 aromatic carbocycles. The van der Waals surface area contributed by atoms with Gasteiger partial charge in [0.1, 0.15) is 5.82 Å². The van der Waals surface area contributed by atoms with E-state index in [1.54, 1.807) is 6.92 Å². The topological polar surface area (TPSA) is 79.9 Å². The molecule has 1 heterocycles. The molecule has 2 N–H and O–H groups in total. The Morgan fingerprint density at radius 2 is 2.14 bits per heavy atom. The lowest BCUT2D eigenvalue weighted by Gasteiger charge is -2.23. The standard InChI is InChI=1S/C16H28N4O2/c1-5-22-16(21)15-18-14(19-20-15)13(8-10(2)3)17-11(4)9-12-6-7-12/h10-13,17H,5-9H2,1-4H3,(H,18,19,20). The van der Waals surface area contributed by atoms with Crippen LogP contribution in [-0.2, 0) is 4.74 Å². The van der Waals surface area contributed by atoms with E-state index in [-0.39, 0.29) is 11.9 Å². The first-order valence-corrected chi connectivity index (χ1v) is 8.35. The summed E-state index contributed by atoms with van der Waals surface area (Å²) in [5, 5.41) is 10.5. The Balaban J connectivity index is 2.01. The summed E-state index contributed by atoms with van der Waals surface area (Å²) in [6.07, 6.45) is 4.87. The summed E-state index contributed by atoms with van der Waals surface area (Å²) in [5.74, 6) is 1.77. The molecule has 1 fully saturated rings. The highest BCUT2D eigenvalue weighted by atomic mass is 16.5. The third-order valence-electron chi connectivity index (χ3n) is 3.87. The van der Waals surface area contributed by atoms with Gasteiger partial charge in [-0.3, -0.25) is 5.10 Å². The number of ether oxygens (including phenoxy) is 1. The molecular formula is C16H28N4O2. The van der Waals surface area contributed by atoms with Crippen molar-refractivity contribution in [2.45, 2.75) is 65.5 Å². The first-order valence-electron chi connectivity index (χ1n) is 8.35. The summed E-state index contributed by atoms with van der Waals surface area (Å²) in [4.78, 5) is 16.0. The second-order valence-electron chi connectivity index (χ2n) is 6.69. The number of H-pyrrole nitrogens is 1. The molecule has 1 aromatic rings.